The normalized spacial score (nSPS) is 14.2. The summed E-state index contributed by atoms with van der Waals surface area (Å²) in [6, 6.07) is 0. The van der Waals surface area contributed by atoms with Gasteiger partial charge in [-0.1, -0.05) is 0 Å². The van der Waals surface area contributed by atoms with Gasteiger partial charge in [-0.25, -0.2) is 9.97 Å². The Labute approximate surface area is 126 Å². The van der Waals surface area contributed by atoms with Gasteiger partial charge in [0.05, 0.1) is 5.39 Å². The number of aromatic nitrogens is 2. The van der Waals surface area contributed by atoms with Gasteiger partial charge in [-0.2, -0.15) is 0 Å². The molecule has 1 aliphatic carbocycles. The van der Waals surface area contributed by atoms with Gasteiger partial charge in [-0.15, -0.1) is 22.9 Å². The van der Waals surface area contributed by atoms with E-state index < -0.39 is 0 Å². The number of thiophene rings is 1. The fraction of sp³-hybridized carbons (Fsp3) is 0.500. The van der Waals surface area contributed by atoms with Crippen molar-refractivity contribution in [2.75, 3.05) is 11.2 Å². The van der Waals surface area contributed by atoms with Crippen molar-refractivity contribution in [3.05, 3.63) is 16.8 Å². The van der Waals surface area contributed by atoms with Crippen molar-refractivity contribution in [1.29, 1.82) is 0 Å². The van der Waals surface area contributed by atoms with E-state index in [1.807, 2.05) is 0 Å². The SMILES string of the molecule is O=C(CCCCl)Nc1ncnc2sc3c(c12)CCCC3. The molecule has 0 unspecified atom stereocenters. The summed E-state index contributed by atoms with van der Waals surface area (Å²) < 4.78 is 0. The maximum Gasteiger partial charge on any atom is 0.225 e. The Kier molecular flexibility index (Phi) is 4.17. The van der Waals surface area contributed by atoms with E-state index in [0.29, 0.717) is 24.5 Å². The lowest BCUT2D eigenvalue weighted by Gasteiger charge is -2.11. The van der Waals surface area contributed by atoms with E-state index in [1.54, 1.807) is 11.3 Å². The average molecular weight is 310 g/mol. The van der Waals surface area contributed by atoms with E-state index in [-0.39, 0.29) is 5.91 Å². The van der Waals surface area contributed by atoms with Crippen molar-refractivity contribution in [1.82, 2.24) is 9.97 Å². The van der Waals surface area contributed by atoms with E-state index in [0.717, 1.165) is 23.1 Å². The lowest BCUT2D eigenvalue weighted by atomic mass is 9.97. The summed E-state index contributed by atoms with van der Waals surface area (Å²) in [4.78, 5) is 22.9. The fourth-order valence-electron chi connectivity index (χ4n) is 2.61. The van der Waals surface area contributed by atoms with Gasteiger partial charge in [-0.3, -0.25) is 4.79 Å². The Hall–Kier alpha value is -1.20. The molecule has 1 N–H and O–H groups in total. The van der Waals surface area contributed by atoms with Crippen LogP contribution in [0.1, 0.15) is 36.1 Å². The summed E-state index contributed by atoms with van der Waals surface area (Å²) in [7, 11) is 0. The molecule has 0 radical (unpaired) electrons. The van der Waals surface area contributed by atoms with Gasteiger partial charge in [0.1, 0.15) is 17.0 Å². The summed E-state index contributed by atoms with van der Waals surface area (Å²) in [5.74, 6) is 1.14. The lowest BCUT2D eigenvalue weighted by molar-refractivity contribution is -0.116. The average Bonchev–Trinajstić information content (AvgIpc) is 2.84. The zero-order chi connectivity index (χ0) is 13.9. The zero-order valence-corrected chi connectivity index (χ0v) is 12.7. The molecule has 0 saturated carbocycles. The van der Waals surface area contributed by atoms with Gasteiger partial charge in [0, 0.05) is 17.2 Å². The highest BCUT2D eigenvalue weighted by Crippen LogP contribution is 2.38. The molecule has 3 rings (SSSR count). The Morgan fingerprint density at radius 1 is 1.35 bits per heavy atom. The van der Waals surface area contributed by atoms with Crippen LogP contribution in [-0.4, -0.2) is 21.8 Å². The molecule has 0 bridgehead atoms. The highest BCUT2D eigenvalue weighted by molar-refractivity contribution is 7.19. The molecule has 1 amide bonds. The number of halogens is 1. The Bertz CT molecular complexity index is 641. The summed E-state index contributed by atoms with van der Waals surface area (Å²) in [6.45, 7) is 0. The lowest BCUT2D eigenvalue weighted by Crippen LogP contribution is -2.13. The predicted molar refractivity (Wildman–Crippen MR) is 82.6 cm³/mol. The van der Waals surface area contributed by atoms with Crippen LogP contribution >= 0.6 is 22.9 Å². The van der Waals surface area contributed by atoms with Gasteiger partial charge < -0.3 is 5.32 Å². The first-order chi connectivity index (χ1) is 9.79. The van der Waals surface area contributed by atoms with E-state index in [4.69, 9.17) is 11.6 Å². The topological polar surface area (TPSA) is 54.9 Å². The maximum atomic E-state index is 11.9. The third kappa shape index (κ3) is 2.65. The molecule has 106 valence electrons. The molecule has 20 heavy (non-hydrogen) atoms. The van der Waals surface area contributed by atoms with Crippen LogP contribution in [0.4, 0.5) is 5.82 Å². The third-order valence-corrected chi connectivity index (χ3v) is 5.01. The number of anilines is 1. The van der Waals surface area contributed by atoms with Crippen molar-refractivity contribution in [2.24, 2.45) is 0 Å². The molecule has 6 heteroatoms. The predicted octanol–water partition coefficient (Wildman–Crippen LogP) is 3.53. The number of fused-ring (bicyclic) bond motifs is 3. The maximum absolute atomic E-state index is 11.9. The molecule has 1 aliphatic rings. The Morgan fingerprint density at radius 3 is 3.05 bits per heavy atom. The van der Waals surface area contributed by atoms with E-state index >= 15 is 0 Å². The van der Waals surface area contributed by atoms with Gasteiger partial charge in [0.25, 0.3) is 0 Å². The summed E-state index contributed by atoms with van der Waals surface area (Å²) >= 11 is 7.35. The molecule has 2 heterocycles. The van der Waals surface area contributed by atoms with Crippen molar-refractivity contribution < 1.29 is 4.79 Å². The van der Waals surface area contributed by atoms with Crippen LogP contribution < -0.4 is 5.32 Å². The van der Waals surface area contributed by atoms with Crippen molar-refractivity contribution in [2.45, 2.75) is 38.5 Å². The number of rotatable bonds is 4. The molecule has 0 aliphatic heterocycles. The molecule has 2 aromatic heterocycles. The summed E-state index contributed by atoms with van der Waals surface area (Å²) in [5, 5.41) is 3.96. The van der Waals surface area contributed by atoms with Crippen LogP contribution in [0.15, 0.2) is 6.33 Å². The molecule has 0 atom stereocenters. The standard InChI is InChI=1S/C14H16ClN3OS/c15-7-3-6-11(19)18-13-12-9-4-1-2-5-10(9)20-14(12)17-8-16-13/h8H,1-7H2,(H,16,17,18,19). The van der Waals surface area contributed by atoms with Crippen LogP contribution in [-0.2, 0) is 17.6 Å². The number of hydrogen-bond acceptors (Lipinski definition) is 4. The van der Waals surface area contributed by atoms with Gasteiger partial charge in [0.2, 0.25) is 5.91 Å². The first-order valence-electron chi connectivity index (χ1n) is 6.90. The minimum atomic E-state index is -0.0265. The number of carbonyl (C=O) groups excluding carboxylic acids is 1. The van der Waals surface area contributed by atoms with E-state index in [9.17, 15) is 4.79 Å². The second-order valence-electron chi connectivity index (χ2n) is 4.95. The molecule has 2 aromatic rings. The monoisotopic (exact) mass is 309 g/mol. The van der Waals surface area contributed by atoms with Gasteiger partial charge >= 0.3 is 0 Å². The number of carbonyl (C=O) groups is 1. The highest BCUT2D eigenvalue weighted by atomic mass is 35.5. The van der Waals surface area contributed by atoms with Crippen molar-refractivity contribution in [3.8, 4) is 0 Å². The number of aryl methyl sites for hydroxylation is 2. The van der Waals surface area contributed by atoms with Crippen LogP contribution in [0.2, 0.25) is 0 Å². The largest absolute Gasteiger partial charge is 0.310 e. The zero-order valence-electron chi connectivity index (χ0n) is 11.1. The van der Waals surface area contributed by atoms with Crippen molar-refractivity contribution >= 4 is 44.9 Å². The molecule has 0 fully saturated rings. The number of nitrogens with one attached hydrogen (secondary N) is 1. The molecule has 0 saturated heterocycles. The smallest absolute Gasteiger partial charge is 0.225 e. The van der Waals surface area contributed by atoms with Crippen LogP contribution in [0.5, 0.6) is 0 Å². The number of hydrogen-bond donors (Lipinski definition) is 1. The molecular formula is C14H16ClN3OS. The first kappa shape index (κ1) is 13.8. The van der Waals surface area contributed by atoms with Gasteiger partial charge in [-0.05, 0) is 37.7 Å². The quantitative estimate of drug-likeness (QED) is 0.879. The minimum absolute atomic E-state index is 0.0265. The number of amides is 1. The molecular weight excluding hydrogens is 294 g/mol. The van der Waals surface area contributed by atoms with Gasteiger partial charge in [0.15, 0.2) is 0 Å². The Morgan fingerprint density at radius 2 is 2.20 bits per heavy atom. The van der Waals surface area contributed by atoms with Crippen LogP contribution in [0.25, 0.3) is 10.2 Å². The van der Waals surface area contributed by atoms with Crippen molar-refractivity contribution in [3.63, 3.8) is 0 Å². The molecule has 0 aromatic carbocycles. The van der Waals surface area contributed by atoms with E-state index in [2.05, 4.69) is 15.3 Å². The minimum Gasteiger partial charge on any atom is -0.310 e. The fourth-order valence-corrected chi connectivity index (χ4v) is 3.97. The summed E-state index contributed by atoms with van der Waals surface area (Å²) in [6.07, 6.45) is 7.27. The second-order valence-corrected chi connectivity index (χ2v) is 6.42. The highest BCUT2D eigenvalue weighted by Gasteiger charge is 2.20. The third-order valence-electron chi connectivity index (χ3n) is 3.55. The number of nitrogens with zero attached hydrogens (tertiary/aromatic N) is 2. The molecule has 0 spiro atoms. The van der Waals surface area contributed by atoms with E-state index in [1.165, 1.54) is 29.6 Å². The molecule has 4 nitrogen and oxygen atoms in total. The van der Waals surface area contributed by atoms with Crippen LogP contribution in [0, 0.1) is 0 Å². The Balaban J connectivity index is 1.94. The number of alkyl halides is 1. The summed E-state index contributed by atoms with van der Waals surface area (Å²) in [5.41, 5.74) is 1.34. The van der Waals surface area contributed by atoms with Crippen LogP contribution in [0.3, 0.4) is 0 Å². The first-order valence-corrected chi connectivity index (χ1v) is 8.25. The second kappa shape index (κ2) is 6.06.